The predicted octanol–water partition coefficient (Wildman–Crippen LogP) is 3.18. The molecule has 0 fully saturated rings. The van der Waals surface area contributed by atoms with Crippen LogP contribution in [0, 0.1) is 0 Å². The maximum atomic E-state index is 9.24. The van der Waals surface area contributed by atoms with E-state index in [1.807, 2.05) is 19.1 Å². The van der Waals surface area contributed by atoms with Gasteiger partial charge in [-0.25, -0.2) is 0 Å². The Labute approximate surface area is 121 Å². The number of aliphatic hydroxyl groups is 1. The van der Waals surface area contributed by atoms with Gasteiger partial charge >= 0.3 is 0 Å². The molecule has 0 aliphatic carbocycles. The van der Waals surface area contributed by atoms with E-state index < -0.39 is 0 Å². The van der Waals surface area contributed by atoms with Crippen molar-refractivity contribution in [1.82, 2.24) is 5.32 Å². The molecule has 2 nitrogen and oxygen atoms in total. The third-order valence-corrected chi connectivity index (χ3v) is 3.64. The highest BCUT2D eigenvalue weighted by Crippen LogP contribution is 2.28. The number of hydrogen-bond acceptors (Lipinski definition) is 2. The molecule has 0 radical (unpaired) electrons. The molecule has 2 rings (SSSR count). The van der Waals surface area contributed by atoms with Crippen LogP contribution in [0.15, 0.2) is 60.7 Å². The highest BCUT2D eigenvalue weighted by atomic mass is 16.3. The van der Waals surface area contributed by atoms with Crippen molar-refractivity contribution in [2.24, 2.45) is 0 Å². The Morgan fingerprint density at radius 1 is 0.850 bits per heavy atom. The third-order valence-electron chi connectivity index (χ3n) is 3.64. The maximum absolute atomic E-state index is 9.24. The van der Waals surface area contributed by atoms with Crippen LogP contribution >= 0.6 is 0 Å². The minimum Gasteiger partial charge on any atom is -0.395 e. The van der Waals surface area contributed by atoms with E-state index in [0.29, 0.717) is 0 Å². The standard InChI is InChI=1S/C18H23NO/c1-14(13-20)19-15(2)18(16-9-5-3-6-10-16)17-11-7-4-8-12-17/h3-12,14-15,18-20H,13H2,1-2H3. The lowest BCUT2D eigenvalue weighted by Gasteiger charge is -2.28. The zero-order valence-electron chi connectivity index (χ0n) is 12.2. The summed E-state index contributed by atoms with van der Waals surface area (Å²) in [5, 5.41) is 12.7. The minimum atomic E-state index is 0.0972. The van der Waals surface area contributed by atoms with Gasteiger partial charge in [0.05, 0.1) is 6.61 Å². The van der Waals surface area contributed by atoms with Gasteiger partial charge in [0, 0.05) is 18.0 Å². The summed E-state index contributed by atoms with van der Waals surface area (Å²) in [5.74, 6) is 0.284. The summed E-state index contributed by atoms with van der Waals surface area (Å²) in [5.41, 5.74) is 2.59. The molecule has 0 aliphatic heterocycles. The highest BCUT2D eigenvalue weighted by Gasteiger charge is 2.22. The van der Waals surface area contributed by atoms with Crippen LogP contribution in [0.5, 0.6) is 0 Å². The van der Waals surface area contributed by atoms with Crippen LogP contribution in [0.4, 0.5) is 0 Å². The van der Waals surface area contributed by atoms with E-state index >= 15 is 0 Å². The fourth-order valence-electron chi connectivity index (χ4n) is 2.69. The van der Waals surface area contributed by atoms with Gasteiger partial charge in [-0.3, -0.25) is 0 Å². The van der Waals surface area contributed by atoms with Crippen molar-refractivity contribution in [1.29, 1.82) is 0 Å². The molecule has 106 valence electrons. The Kier molecular flexibility index (Phi) is 5.33. The molecule has 0 spiro atoms. The summed E-state index contributed by atoms with van der Waals surface area (Å²) >= 11 is 0. The number of aliphatic hydroxyl groups excluding tert-OH is 1. The number of rotatable bonds is 6. The lowest BCUT2D eigenvalue weighted by Crippen LogP contribution is -2.40. The molecule has 2 N–H and O–H groups in total. The number of benzene rings is 2. The van der Waals surface area contributed by atoms with Gasteiger partial charge in [-0.2, -0.15) is 0 Å². The van der Waals surface area contributed by atoms with Gasteiger partial charge in [0.1, 0.15) is 0 Å². The molecule has 0 amide bonds. The zero-order chi connectivity index (χ0) is 14.4. The summed E-state index contributed by atoms with van der Waals surface area (Å²) in [6.07, 6.45) is 0. The third kappa shape index (κ3) is 3.69. The first-order chi connectivity index (χ1) is 9.72. The van der Waals surface area contributed by atoms with Crippen molar-refractivity contribution in [3.8, 4) is 0 Å². The molecule has 2 unspecified atom stereocenters. The van der Waals surface area contributed by atoms with Crippen LogP contribution < -0.4 is 5.32 Å². The van der Waals surface area contributed by atoms with E-state index in [-0.39, 0.29) is 24.6 Å². The molecule has 0 heterocycles. The molecular weight excluding hydrogens is 246 g/mol. The summed E-state index contributed by atoms with van der Waals surface area (Å²) in [7, 11) is 0. The molecule has 2 aromatic carbocycles. The average molecular weight is 269 g/mol. The van der Waals surface area contributed by atoms with Gasteiger partial charge < -0.3 is 10.4 Å². The first-order valence-corrected chi connectivity index (χ1v) is 7.19. The number of nitrogens with one attached hydrogen (secondary N) is 1. The molecule has 0 saturated carbocycles. The second kappa shape index (κ2) is 7.22. The molecule has 2 aromatic rings. The van der Waals surface area contributed by atoms with Gasteiger partial charge in [0.2, 0.25) is 0 Å². The fraction of sp³-hybridized carbons (Fsp3) is 0.333. The average Bonchev–Trinajstić information content (AvgIpc) is 2.49. The van der Waals surface area contributed by atoms with E-state index in [1.54, 1.807) is 0 Å². The highest BCUT2D eigenvalue weighted by molar-refractivity contribution is 5.34. The van der Waals surface area contributed by atoms with Gasteiger partial charge in [0.25, 0.3) is 0 Å². The van der Waals surface area contributed by atoms with Crippen LogP contribution in [0.25, 0.3) is 0 Å². The van der Waals surface area contributed by atoms with Gasteiger partial charge in [0.15, 0.2) is 0 Å². The topological polar surface area (TPSA) is 32.3 Å². The van der Waals surface area contributed by atoms with Crippen molar-refractivity contribution >= 4 is 0 Å². The van der Waals surface area contributed by atoms with E-state index in [0.717, 1.165) is 0 Å². The zero-order valence-corrected chi connectivity index (χ0v) is 12.2. The minimum absolute atomic E-state index is 0.0972. The molecule has 2 atom stereocenters. The van der Waals surface area contributed by atoms with Gasteiger partial charge in [-0.05, 0) is 25.0 Å². The lowest BCUT2D eigenvalue weighted by molar-refractivity contribution is 0.239. The van der Waals surface area contributed by atoms with Crippen LogP contribution in [-0.4, -0.2) is 23.8 Å². The second-order valence-corrected chi connectivity index (χ2v) is 5.34. The maximum Gasteiger partial charge on any atom is 0.0582 e. The van der Waals surface area contributed by atoms with Crippen molar-refractivity contribution < 1.29 is 5.11 Å². The van der Waals surface area contributed by atoms with E-state index in [9.17, 15) is 5.11 Å². The number of hydrogen-bond donors (Lipinski definition) is 2. The molecule has 0 aliphatic rings. The molecular formula is C18H23NO. The first-order valence-electron chi connectivity index (χ1n) is 7.19. The van der Waals surface area contributed by atoms with E-state index in [4.69, 9.17) is 0 Å². The normalized spacial score (nSPS) is 14.2. The molecule has 20 heavy (non-hydrogen) atoms. The first kappa shape index (κ1) is 14.8. The van der Waals surface area contributed by atoms with Crippen LogP contribution in [0.1, 0.15) is 30.9 Å². The quantitative estimate of drug-likeness (QED) is 0.844. The largest absolute Gasteiger partial charge is 0.395 e. The Morgan fingerprint density at radius 2 is 1.30 bits per heavy atom. The smallest absolute Gasteiger partial charge is 0.0582 e. The summed E-state index contributed by atoms with van der Waals surface area (Å²) in [6, 6.07) is 21.4. The Balaban J connectivity index is 2.30. The summed E-state index contributed by atoms with van der Waals surface area (Å²) in [4.78, 5) is 0. The van der Waals surface area contributed by atoms with E-state index in [2.05, 4.69) is 60.8 Å². The monoisotopic (exact) mass is 269 g/mol. The molecule has 0 saturated heterocycles. The van der Waals surface area contributed by atoms with Crippen LogP contribution in [0.2, 0.25) is 0 Å². The van der Waals surface area contributed by atoms with Gasteiger partial charge in [-0.15, -0.1) is 0 Å². The van der Waals surface area contributed by atoms with Crippen LogP contribution in [0.3, 0.4) is 0 Å². The van der Waals surface area contributed by atoms with Crippen LogP contribution in [-0.2, 0) is 0 Å². The van der Waals surface area contributed by atoms with Crippen molar-refractivity contribution in [3.05, 3.63) is 71.8 Å². The van der Waals surface area contributed by atoms with E-state index in [1.165, 1.54) is 11.1 Å². The Hall–Kier alpha value is -1.64. The Bertz CT molecular complexity index is 458. The predicted molar refractivity (Wildman–Crippen MR) is 83.9 cm³/mol. The lowest BCUT2D eigenvalue weighted by atomic mass is 9.85. The Morgan fingerprint density at radius 3 is 1.70 bits per heavy atom. The molecule has 0 aromatic heterocycles. The summed E-state index contributed by atoms with van der Waals surface area (Å²) < 4.78 is 0. The molecule has 2 heteroatoms. The van der Waals surface area contributed by atoms with Crippen molar-refractivity contribution in [3.63, 3.8) is 0 Å². The van der Waals surface area contributed by atoms with Crippen molar-refractivity contribution in [2.75, 3.05) is 6.61 Å². The van der Waals surface area contributed by atoms with Gasteiger partial charge in [-0.1, -0.05) is 60.7 Å². The SMILES string of the molecule is CC(CO)NC(C)C(c1ccccc1)c1ccccc1. The fourth-order valence-corrected chi connectivity index (χ4v) is 2.69. The molecule has 0 bridgehead atoms. The second-order valence-electron chi connectivity index (χ2n) is 5.34. The van der Waals surface area contributed by atoms with Crippen molar-refractivity contribution in [2.45, 2.75) is 31.8 Å². The summed E-state index contributed by atoms with van der Waals surface area (Å²) in [6.45, 7) is 4.33.